The number of hydrogen-bond donors (Lipinski definition) is 1. The third-order valence-corrected chi connectivity index (χ3v) is 5.41. The molecule has 0 saturated carbocycles. The quantitative estimate of drug-likeness (QED) is 0.870. The number of rotatable bonds is 6. The van der Waals surface area contributed by atoms with E-state index in [1.54, 1.807) is 0 Å². The number of nitrogens with one attached hydrogen (secondary N) is 1. The summed E-state index contributed by atoms with van der Waals surface area (Å²) in [5, 5.41) is 0. The summed E-state index contributed by atoms with van der Waals surface area (Å²) >= 11 is 0. The van der Waals surface area contributed by atoms with Crippen LogP contribution < -0.4 is 4.72 Å². The SMILES string of the molecule is CCCS(=O)(=O)NC[C@H](C)N1CCc2ccccc2C1. The van der Waals surface area contributed by atoms with E-state index in [0.717, 1.165) is 19.5 Å². The van der Waals surface area contributed by atoms with Crippen LogP contribution in [0.2, 0.25) is 0 Å². The molecule has 2 rings (SSSR count). The van der Waals surface area contributed by atoms with E-state index in [1.807, 2.05) is 6.92 Å². The second-order valence-corrected chi connectivity index (χ2v) is 7.43. The van der Waals surface area contributed by atoms with Crippen LogP contribution in [-0.4, -0.2) is 38.2 Å². The first-order valence-electron chi connectivity index (χ1n) is 7.30. The maximum absolute atomic E-state index is 11.7. The first-order chi connectivity index (χ1) is 9.52. The molecule has 0 radical (unpaired) electrons. The molecule has 1 aliphatic heterocycles. The van der Waals surface area contributed by atoms with Gasteiger partial charge in [0.25, 0.3) is 0 Å². The van der Waals surface area contributed by atoms with E-state index < -0.39 is 10.0 Å². The molecule has 1 heterocycles. The highest BCUT2D eigenvalue weighted by molar-refractivity contribution is 7.89. The van der Waals surface area contributed by atoms with Crippen molar-refractivity contribution in [2.75, 3.05) is 18.8 Å². The normalized spacial score (nSPS) is 17.7. The van der Waals surface area contributed by atoms with Gasteiger partial charge in [0.1, 0.15) is 0 Å². The lowest BCUT2D eigenvalue weighted by atomic mass is 9.99. The summed E-state index contributed by atoms with van der Waals surface area (Å²) in [6, 6.07) is 8.71. The summed E-state index contributed by atoms with van der Waals surface area (Å²) in [6.45, 7) is 6.36. The van der Waals surface area contributed by atoms with Gasteiger partial charge in [-0.3, -0.25) is 4.90 Å². The van der Waals surface area contributed by atoms with Crippen LogP contribution in [0, 0.1) is 0 Å². The minimum atomic E-state index is -3.10. The van der Waals surface area contributed by atoms with E-state index in [0.29, 0.717) is 13.0 Å². The highest BCUT2D eigenvalue weighted by atomic mass is 32.2. The Morgan fingerprint density at radius 1 is 1.30 bits per heavy atom. The average Bonchev–Trinajstić information content (AvgIpc) is 2.44. The Morgan fingerprint density at radius 3 is 2.70 bits per heavy atom. The summed E-state index contributed by atoms with van der Waals surface area (Å²) in [5.41, 5.74) is 2.78. The lowest BCUT2D eigenvalue weighted by Gasteiger charge is -2.33. The van der Waals surface area contributed by atoms with Crippen LogP contribution in [-0.2, 0) is 23.0 Å². The van der Waals surface area contributed by atoms with Crippen molar-refractivity contribution in [3.05, 3.63) is 35.4 Å². The smallest absolute Gasteiger partial charge is 0.211 e. The second-order valence-electron chi connectivity index (χ2n) is 5.51. The zero-order chi connectivity index (χ0) is 14.6. The molecule has 5 heteroatoms. The van der Waals surface area contributed by atoms with E-state index >= 15 is 0 Å². The van der Waals surface area contributed by atoms with Crippen molar-refractivity contribution < 1.29 is 8.42 Å². The Hall–Kier alpha value is -0.910. The molecule has 1 N–H and O–H groups in total. The molecular formula is C15H24N2O2S. The molecule has 0 aliphatic carbocycles. The molecule has 1 aromatic carbocycles. The van der Waals surface area contributed by atoms with E-state index in [1.165, 1.54) is 11.1 Å². The number of sulfonamides is 1. The fraction of sp³-hybridized carbons (Fsp3) is 0.600. The molecule has 0 saturated heterocycles. The largest absolute Gasteiger partial charge is 0.295 e. The third-order valence-electron chi connectivity index (χ3n) is 3.86. The number of benzene rings is 1. The molecule has 0 aromatic heterocycles. The zero-order valence-corrected chi connectivity index (χ0v) is 13.1. The third kappa shape index (κ3) is 4.04. The van der Waals surface area contributed by atoms with Crippen molar-refractivity contribution in [3.8, 4) is 0 Å². The minimum Gasteiger partial charge on any atom is -0.295 e. The van der Waals surface area contributed by atoms with Gasteiger partial charge >= 0.3 is 0 Å². The van der Waals surface area contributed by atoms with Gasteiger partial charge in [0.15, 0.2) is 0 Å². The fourth-order valence-corrected chi connectivity index (χ4v) is 3.79. The van der Waals surface area contributed by atoms with Gasteiger partial charge < -0.3 is 0 Å². The molecule has 4 nitrogen and oxygen atoms in total. The van der Waals surface area contributed by atoms with Crippen LogP contribution in [0.1, 0.15) is 31.4 Å². The monoisotopic (exact) mass is 296 g/mol. The van der Waals surface area contributed by atoms with E-state index in [9.17, 15) is 8.42 Å². The van der Waals surface area contributed by atoms with Crippen molar-refractivity contribution >= 4 is 10.0 Å². The Labute approximate surface area is 122 Å². The molecule has 1 atom stereocenters. The van der Waals surface area contributed by atoms with Crippen molar-refractivity contribution in [3.63, 3.8) is 0 Å². The van der Waals surface area contributed by atoms with E-state index in [4.69, 9.17) is 0 Å². The lowest BCUT2D eigenvalue weighted by Crippen LogP contribution is -2.44. The van der Waals surface area contributed by atoms with Crippen LogP contribution in [0.3, 0.4) is 0 Å². The van der Waals surface area contributed by atoms with Crippen LogP contribution in [0.4, 0.5) is 0 Å². The van der Waals surface area contributed by atoms with Gasteiger partial charge in [-0.25, -0.2) is 13.1 Å². The molecule has 0 spiro atoms. The Bertz CT molecular complexity index is 543. The second kappa shape index (κ2) is 6.70. The van der Waals surface area contributed by atoms with Crippen molar-refractivity contribution in [1.82, 2.24) is 9.62 Å². The Kier molecular flexibility index (Phi) is 5.18. The van der Waals surface area contributed by atoms with E-state index in [-0.39, 0.29) is 11.8 Å². The van der Waals surface area contributed by atoms with Gasteiger partial charge in [0.2, 0.25) is 10.0 Å². The van der Waals surface area contributed by atoms with Gasteiger partial charge in [-0.1, -0.05) is 31.2 Å². The summed E-state index contributed by atoms with van der Waals surface area (Å²) in [5.74, 6) is 0.211. The van der Waals surface area contributed by atoms with Gasteiger partial charge in [-0.2, -0.15) is 0 Å². The highest BCUT2D eigenvalue weighted by Gasteiger charge is 2.21. The van der Waals surface area contributed by atoms with Crippen molar-refractivity contribution in [1.29, 1.82) is 0 Å². The lowest BCUT2D eigenvalue weighted by molar-refractivity contribution is 0.192. The molecule has 112 valence electrons. The number of nitrogens with zero attached hydrogens (tertiary/aromatic N) is 1. The summed E-state index contributed by atoms with van der Waals surface area (Å²) < 4.78 is 26.1. The maximum Gasteiger partial charge on any atom is 0.211 e. The molecule has 0 amide bonds. The van der Waals surface area contributed by atoms with Crippen LogP contribution >= 0.6 is 0 Å². The first kappa shape index (κ1) is 15.5. The van der Waals surface area contributed by atoms with Crippen molar-refractivity contribution in [2.24, 2.45) is 0 Å². The number of hydrogen-bond acceptors (Lipinski definition) is 3. The number of fused-ring (bicyclic) bond motifs is 1. The Morgan fingerprint density at radius 2 is 2.00 bits per heavy atom. The summed E-state index contributed by atoms with van der Waals surface area (Å²) in [7, 11) is -3.10. The molecular weight excluding hydrogens is 272 g/mol. The predicted octanol–water partition coefficient (Wildman–Crippen LogP) is 1.76. The summed E-state index contributed by atoms with van der Waals surface area (Å²) in [6.07, 6.45) is 1.70. The molecule has 0 unspecified atom stereocenters. The molecule has 1 aliphatic rings. The molecule has 20 heavy (non-hydrogen) atoms. The molecule has 0 fully saturated rings. The van der Waals surface area contributed by atoms with Gasteiger partial charge in [0.05, 0.1) is 5.75 Å². The van der Waals surface area contributed by atoms with Gasteiger partial charge in [0, 0.05) is 25.7 Å². The standard InChI is InChI=1S/C15H24N2O2S/c1-3-10-20(18,19)16-11-13(2)17-9-8-14-6-4-5-7-15(14)12-17/h4-7,13,16H,3,8-12H2,1-2H3/t13-/m0/s1. The average molecular weight is 296 g/mol. The van der Waals surface area contributed by atoms with Gasteiger partial charge in [-0.05, 0) is 30.9 Å². The zero-order valence-electron chi connectivity index (χ0n) is 12.3. The van der Waals surface area contributed by atoms with Crippen LogP contribution in [0.25, 0.3) is 0 Å². The highest BCUT2D eigenvalue weighted by Crippen LogP contribution is 2.19. The van der Waals surface area contributed by atoms with Gasteiger partial charge in [-0.15, -0.1) is 0 Å². The van der Waals surface area contributed by atoms with Crippen LogP contribution in [0.15, 0.2) is 24.3 Å². The van der Waals surface area contributed by atoms with E-state index in [2.05, 4.69) is 40.8 Å². The topological polar surface area (TPSA) is 49.4 Å². The Balaban J connectivity index is 1.90. The maximum atomic E-state index is 11.7. The summed E-state index contributed by atoms with van der Waals surface area (Å²) in [4.78, 5) is 2.34. The first-order valence-corrected chi connectivity index (χ1v) is 8.95. The molecule has 1 aromatic rings. The predicted molar refractivity (Wildman–Crippen MR) is 82.1 cm³/mol. The fourth-order valence-electron chi connectivity index (χ4n) is 2.61. The van der Waals surface area contributed by atoms with Crippen LogP contribution in [0.5, 0.6) is 0 Å². The van der Waals surface area contributed by atoms with Crippen molar-refractivity contribution in [2.45, 2.75) is 39.3 Å². The minimum absolute atomic E-state index is 0.211. The molecule has 0 bridgehead atoms.